The van der Waals surface area contributed by atoms with E-state index in [4.69, 9.17) is 11.6 Å². The number of hydrogen-bond donors (Lipinski definition) is 0. The van der Waals surface area contributed by atoms with Crippen molar-refractivity contribution in [1.29, 1.82) is 0 Å². The van der Waals surface area contributed by atoms with Crippen molar-refractivity contribution in [2.45, 2.75) is 32.6 Å². The molecule has 0 aliphatic carbocycles. The van der Waals surface area contributed by atoms with Crippen LogP contribution in [0.1, 0.15) is 32.3 Å². The summed E-state index contributed by atoms with van der Waals surface area (Å²) in [5, 5.41) is 0. The van der Waals surface area contributed by atoms with Crippen LogP contribution in [-0.2, 0) is 5.88 Å². The summed E-state index contributed by atoms with van der Waals surface area (Å²) in [5.41, 5.74) is 1.49. The zero-order chi connectivity index (χ0) is 11.6. The summed E-state index contributed by atoms with van der Waals surface area (Å²) < 4.78 is 0. The second-order valence-electron chi connectivity index (χ2n) is 5.35. The molecule has 2 heterocycles. The van der Waals surface area contributed by atoms with Crippen molar-refractivity contribution in [3.63, 3.8) is 0 Å². The number of hydrogen-bond acceptors (Lipinski definition) is 2. The van der Waals surface area contributed by atoms with Crippen LogP contribution in [0.5, 0.6) is 0 Å². The molecule has 0 amide bonds. The highest BCUT2D eigenvalue weighted by Crippen LogP contribution is 2.30. The van der Waals surface area contributed by atoms with Crippen molar-refractivity contribution in [1.82, 2.24) is 4.98 Å². The summed E-state index contributed by atoms with van der Waals surface area (Å²) in [6.07, 6.45) is 4.44. The first-order valence-electron chi connectivity index (χ1n) is 5.87. The smallest absolute Gasteiger partial charge is 0.128 e. The largest absolute Gasteiger partial charge is 0.356 e. The molecule has 0 atom stereocenters. The van der Waals surface area contributed by atoms with Crippen LogP contribution < -0.4 is 4.90 Å². The van der Waals surface area contributed by atoms with Gasteiger partial charge < -0.3 is 4.90 Å². The fourth-order valence-corrected chi connectivity index (χ4v) is 2.46. The predicted octanol–water partition coefficient (Wildman–Crippen LogP) is 3.45. The SMILES string of the molecule is CC1(C)CCCN(c2ccc(CCl)cn2)C1. The number of alkyl halides is 1. The average molecular weight is 239 g/mol. The van der Waals surface area contributed by atoms with Crippen molar-refractivity contribution in [3.05, 3.63) is 23.9 Å². The molecule has 1 aromatic heterocycles. The van der Waals surface area contributed by atoms with Crippen LogP contribution >= 0.6 is 11.6 Å². The van der Waals surface area contributed by atoms with E-state index in [1.54, 1.807) is 0 Å². The minimum absolute atomic E-state index is 0.408. The van der Waals surface area contributed by atoms with Gasteiger partial charge in [0.2, 0.25) is 0 Å². The van der Waals surface area contributed by atoms with E-state index in [2.05, 4.69) is 35.9 Å². The Balaban J connectivity index is 2.11. The Kier molecular flexibility index (Phi) is 3.38. The monoisotopic (exact) mass is 238 g/mol. The lowest BCUT2D eigenvalue weighted by molar-refractivity contribution is 0.292. The number of nitrogens with zero attached hydrogens (tertiary/aromatic N) is 2. The molecule has 1 aliphatic rings. The minimum Gasteiger partial charge on any atom is -0.356 e. The zero-order valence-corrected chi connectivity index (χ0v) is 10.8. The number of rotatable bonds is 2. The molecule has 0 bridgehead atoms. The minimum atomic E-state index is 0.408. The Hall–Kier alpha value is -0.760. The number of pyridine rings is 1. The zero-order valence-electron chi connectivity index (χ0n) is 10.0. The first kappa shape index (κ1) is 11.7. The fraction of sp³-hybridized carbons (Fsp3) is 0.615. The molecule has 0 spiro atoms. The third kappa shape index (κ3) is 2.67. The Labute approximate surface area is 103 Å². The van der Waals surface area contributed by atoms with E-state index in [1.165, 1.54) is 12.8 Å². The Morgan fingerprint density at radius 2 is 2.25 bits per heavy atom. The highest BCUT2D eigenvalue weighted by atomic mass is 35.5. The molecular weight excluding hydrogens is 220 g/mol. The van der Waals surface area contributed by atoms with Crippen molar-refractivity contribution in [2.75, 3.05) is 18.0 Å². The molecule has 0 unspecified atom stereocenters. The molecule has 1 aromatic rings. The summed E-state index contributed by atoms with van der Waals surface area (Å²) in [6.45, 7) is 6.87. The van der Waals surface area contributed by atoms with Crippen LogP contribution in [0.15, 0.2) is 18.3 Å². The van der Waals surface area contributed by atoms with Gasteiger partial charge in [0.25, 0.3) is 0 Å². The maximum absolute atomic E-state index is 5.76. The third-order valence-electron chi connectivity index (χ3n) is 3.19. The normalized spacial score (nSPS) is 19.8. The molecule has 88 valence electrons. The number of anilines is 1. The number of halogens is 1. The van der Waals surface area contributed by atoms with Crippen molar-refractivity contribution < 1.29 is 0 Å². The summed E-state index contributed by atoms with van der Waals surface area (Å²) >= 11 is 5.76. The van der Waals surface area contributed by atoms with Gasteiger partial charge in [-0.05, 0) is 29.9 Å². The van der Waals surface area contributed by atoms with E-state index in [1.807, 2.05) is 6.20 Å². The summed E-state index contributed by atoms with van der Waals surface area (Å²) in [6, 6.07) is 4.15. The Bertz CT molecular complexity index is 345. The van der Waals surface area contributed by atoms with Crippen LogP contribution in [0.2, 0.25) is 0 Å². The van der Waals surface area contributed by atoms with E-state index >= 15 is 0 Å². The second kappa shape index (κ2) is 4.62. The highest BCUT2D eigenvalue weighted by molar-refractivity contribution is 6.17. The van der Waals surface area contributed by atoms with E-state index in [0.717, 1.165) is 24.5 Å². The molecule has 1 saturated heterocycles. The molecule has 1 fully saturated rings. The van der Waals surface area contributed by atoms with Gasteiger partial charge in [0, 0.05) is 25.2 Å². The lowest BCUT2D eigenvalue weighted by Crippen LogP contribution is -2.40. The van der Waals surface area contributed by atoms with Gasteiger partial charge in [0.1, 0.15) is 5.82 Å². The molecule has 2 rings (SSSR count). The molecular formula is C13H19ClN2. The Morgan fingerprint density at radius 1 is 1.44 bits per heavy atom. The van der Waals surface area contributed by atoms with Crippen molar-refractivity contribution in [3.8, 4) is 0 Å². The number of piperidine rings is 1. The van der Waals surface area contributed by atoms with Crippen LogP contribution in [0, 0.1) is 5.41 Å². The maximum atomic E-state index is 5.76. The van der Waals surface area contributed by atoms with Crippen molar-refractivity contribution in [2.24, 2.45) is 5.41 Å². The van der Waals surface area contributed by atoms with E-state index in [-0.39, 0.29) is 0 Å². The second-order valence-corrected chi connectivity index (χ2v) is 5.61. The van der Waals surface area contributed by atoms with Gasteiger partial charge >= 0.3 is 0 Å². The van der Waals surface area contributed by atoms with Gasteiger partial charge in [-0.2, -0.15) is 0 Å². The van der Waals surface area contributed by atoms with Gasteiger partial charge in [-0.1, -0.05) is 19.9 Å². The average Bonchev–Trinajstić information content (AvgIpc) is 2.28. The van der Waals surface area contributed by atoms with Gasteiger partial charge in [-0.15, -0.1) is 11.6 Å². The first-order chi connectivity index (χ1) is 7.61. The first-order valence-corrected chi connectivity index (χ1v) is 6.40. The summed E-state index contributed by atoms with van der Waals surface area (Å²) in [5.74, 6) is 1.63. The van der Waals surface area contributed by atoms with Crippen LogP contribution in [-0.4, -0.2) is 18.1 Å². The van der Waals surface area contributed by atoms with E-state index < -0.39 is 0 Å². The molecule has 3 heteroatoms. The van der Waals surface area contributed by atoms with Gasteiger partial charge in [-0.25, -0.2) is 4.98 Å². The molecule has 0 saturated carbocycles. The lowest BCUT2D eigenvalue weighted by Gasteiger charge is -2.38. The van der Waals surface area contributed by atoms with E-state index in [9.17, 15) is 0 Å². The maximum Gasteiger partial charge on any atom is 0.128 e. The molecule has 0 radical (unpaired) electrons. The molecule has 2 nitrogen and oxygen atoms in total. The van der Waals surface area contributed by atoms with Crippen LogP contribution in [0.25, 0.3) is 0 Å². The molecule has 1 aliphatic heterocycles. The molecule has 16 heavy (non-hydrogen) atoms. The highest BCUT2D eigenvalue weighted by Gasteiger charge is 2.26. The predicted molar refractivity (Wildman–Crippen MR) is 69.0 cm³/mol. The quantitative estimate of drug-likeness (QED) is 0.734. The van der Waals surface area contributed by atoms with Gasteiger partial charge in [0.05, 0.1) is 0 Å². The lowest BCUT2D eigenvalue weighted by atomic mass is 9.84. The van der Waals surface area contributed by atoms with E-state index in [0.29, 0.717) is 11.3 Å². The summed E-state index contributed by atoms with van der Waals surface area (Å²) in [4.78, 5) is 6.86. The number of aromatic nitrogens is 1. The van der Waals surface area contributed by atoms with Crippen LogP contribution in [0.3, 0.4) is 0 Å². The Morgan fingerprint density at radius 3 is 2.81 bits per heavy atom. The standard InChI is InChI=1S/C13H19ClN2/c1-13(2)6-3-7-16(10-13)12-5-4-11(8-14)9-15-12/h4-5,9H,3,6-8,10H2,1-2H3. The topological polar surface area (TPSA) is 16.1 Å². The molecule has 0 aromatic carbocycles. The summed E-state index contributed by atoms with van der Waals surface area (Å²) in [7, 11) is 0. The third-order valence-corrected chi connectivity index (χ3v) is 3.50. The van der Waals surface area contributed by atoms with Gasteiger partial charge in [-0.3, -0.25) is 0 Å². The van der Waals surface area contributed by atoms with Crippen LogP contribution in [0.4, 0.5) is 5.82 Å². The van der Waals surface area contributed by atoms with Crippen molar-refractivity contribution >= 4 is 17.4 Å². The molecule has 0 N–H and O–H groups in total. The fourth-order valence-electron chi connectivity index (χ4n) is 2.30. The van der Waals surface area contributed by atoms with Gasteiger partial charge in [0.15, 0.2) is 0 Å².